The first-order chi connectivity index (χ1) is 12.0. The van der Waals surface area contributed by atoms with E-state index in [0.717, 1.165) is 18.4 Å². The molecule has 0 spiro atoms. The van der Waals surface area contributed by atoms with Crippen molar-refractivity contribution < 1.29 is 14.3 Å². The fourth-order valence-electron chi connectivity index (χ4n) is 2.51. The third kappa shape index (κ3) is 6.07. The Balaban J connectivity index is 1.80. The molecular formula is C21H25NO3. The van der Waals surface area contributed by atoms with Crippen LogP contribution in [0.4, 0.5) is 0 Å². The second kappa shape index (κ2) is 9.02. The number of hydrogen-bond acceptors (Lipinski definition) is 3. The monoisotopic (exact) mass is 339 g/mol. The summed E-state index contributed by atoms with van der Waals surface area (Å²) in [5, 5.41) is 2.90. The summed E-state index contributed by atoms with van der Waals surface area (Å²) in [6.07, 6.45) is 0.890. The molecule has 2 aromatic carbocycles. The van der Waals surface area contributed by atoms with Gasteiger partial charge in [0.15, 0.2) is 6.10 Å². The molecule has 0 fully saturated rings. The molecule has 132 valence electrons. The smallest absolute Gasteiger partial charge is 0.338 e. The van der Waals surface area contributed by atoms with Gasteiger partial charge in [0.05, 0.1) is 5.56 Å². The minimum Gasteiger partial charge on any atom is -0.449 e. The first-order valence-electron chi connectivity index (χ1n) is 8.57. The summed E-state index contributed by atoms with van der Waals surface area (Å²) >= 11 is 0. The van der Waals surface area contributed by atoms with E-state index in [0.29, 0.717) is 5.56 Å². The summed E-state index contributed by atoms with van der Waals surface area (Å²) in [5.74, 6) is -0.759. The van der Waals surface area contributed by atoms with Gasteiger partial charge < -0.3 is 10.1 Å². The van der Waals surface area contributed by atoms with Crippen LogP contribution < -0.4 is 5.32 Å². The minimum absolute atomic E-state index is 0.00725. The molecule has 4 nitrogen and oxygen atoms in total. The van der Waals surface area contributed by atoms with Crippen LogP contribution >= 0.6 is 0 Å². The second-order valence-electron chi connectivity index (χ2n) is 6.35. The molecule has 0 unspecified atom stereocenters. The summed E-state index contributed by atoms with van der Waals surface area (Å²) in [7, 11) is 0. The van der Waals surface area contributed by atoms with Crippen molar-refractivity contribution in [1.82, 2.24) is 5.32 Å². The van der Waals surface area contributed by atoms with Crippen LogP contribution in [0.25, 0.3) is 0 Å². The van der Waals surface area contributed by atoms with Gasteiger partial charge in [-0.15, -0.1) is 0 Å². The summed E-state index contributed by atoms with van der Waals surface area (Å²) in [5.41, 5.74) is 2.67. The molecule has 25 heavy (non-hydrogen) atoms. The van der Waals surface area contributed by atoms with Gasteiger partial charge in [0.1, 0.15) is 0 Å². The Bertz CT molecular complexity index is 712. The highest BCUT2D eigenvalue weighted by molar-refractivity contribution is 5.92. The molecule has 1 amide bonds. The predicted octanol–water partition coefficient (Wildman–Crippen LogP) is 3.68. The largest absolute Gasteiger partial charge is 0.449 e. The first-order valence-corrected chi connectivity index (χ1v) is 8.57. The molecule has 0 saturated carbocycles. The van der Waals surface area contributed by atoms with E-state index in [1.165, 1.54) is 5.56 Å². The Kier molecular flexibility index (Phi) is 6.75. The maximum Gasteiger partial charge on any atom is 0.338 e. The van der Waals surface area contributed by atoms with Crippen LogP contribution in [0.15, 0.2) is 54.6 Å². The van der Waals surface area contributed by atoms with Crippen molar-refractivity contribution in [2.45, 2.75) is 45.8 Å². The van der Waals surface area contributed by atoms with Crippen molar-refractivity contribution in [3.05, 3.63) is 71.3 Å². The van der Waals surface area contributed by atoms with E-state index >= 15 is 0 Å². The van der Waals surface area contributed by atoms with Crippen LogP contribution in [0, 0.1) is 6.92 Å². The number of esters is 1. The average molecular weight is 339 g/mol. The number of carbonyl (C=O) groups is 2. The van der Waals surface area contributed by atoms with Crippen molar-refractivity contribution in [3.63, 3.8) is 0 Å². The summed E-state index contributed by atoms with van der Waals surface area (Å²) in [6, 6.07) is 17.3. The zero-order valence-corrected chi connectivity index (χ0v) is 15.0. The molecule has 0 bridgehead atoms. The maximum absolute atomic E-state index is 12.2. The lowest BCUT2D eigenvalue weighted by molar-refractivity contribution is -0.129. The van der Waals surface area contributed by atoms with Gasteiger partial charge in [-0.1, -0.05) is 48.0 Å². The fourth-order valence-corrected chi connectivity index (χ4v) is 2.51. The van der Waals surface area contributed by atoms with Crippen molar-refractivity contribution >= 4 is 11.9 Å². The number of amides is 1. The second-order valence-corrected chi connectivity index (χ2v) is 6.35. The van der Waals surface area contributed by atoms with Gasteiger partial charge in [-0.05, 0) is 51.3 Å². The number of rotatable bonds is 7. The van der Waals surface area contributed by atoms with E-state index in [9.17, 15) is 9.59 Å². The maximum atomic E-state index is 12.2. The predicted molar refractivity (Wildman–Crippen MR) is 98.4 cm³/mol. The molecule has 0 radical (unpaired) electrons. The average Bonchev–Trinajstić information content (AvgIpc) is 2.60. The van der Waals surface area contributed by atoms with E-state index in [2.05, 4.69) is 17.4 Å². The lowest BCUT2D eigenvalue weighted by Gasteiger charge is -2.18. The third-order valence-electron chi connectivity index (χ3n) is 4.00. The molecule has 0 aliphatic carbocycles. The van der Waals surface area contributed by atoms with Crippen molar-refractivity contribution in [2.24, 2.45) is 0 Å². The topological polar surface area (TPSA) is 55.4 Å². The number of hydrogen-bond donors (Lipinski definition) is 1. The Labute approximate surface area is 149 Å². The van der Waals surface area contributed by atoms with Crippen LogP contribution in [0.3, 0.4) is 0 Å². The summed E-state index contributed by atoms with van der Waals surface area (Å²) in [4.78, 5) is 24.3. The minimum atomic E-state index is -0.827. The molecule has 2 atom stereocenters. The standard InChI is InChI=1S/C21H25NO3/c1-15-8-7-11-19(14-15)21(24)25-17(3)20(23)22-16(2)12-13-18-9-5-4-6-10-18/h4-11,14,16-17H,12-13H2,1-3H3,(H,22,23)/t16-,17+/m1/s1. The normalized spacial score (nSPS) is 12.9. The van der Waals surface area contributed by atoms with Crippen molar-refractivity contribution in [2.75, 3.05) is 0 Å². The SMILES string of the molecule is Cc1cccc(C(=O)O[C@@H](C)C(=O)N[C@H](C)CCc2ccccc2)c1. The van der Waals surface area contributed by atoms with Gasteiger partial charge in [-0.2, -0.15) is 0 Å². The Morgan fingerprint density at radius 2 is 1.76 bits per heavy atom. The Morgan fingerprint density at radius 1 is 1.04 bits per heavy atom. The number of ether oxygens (including phenoxy) is 1. The lowest BCUT2D eigenvalue weighted by atomic mass is 10.1. The molecule has 2 rings (SSSR count). The molecule has 0 aromatic heterocycles. The zero-order chi connectivity index (χ0) is 18.2. The Hall–Kier alpha value is -2.62. The van der Waals surface area contributed by atoms with E-state index in [4.69, 9.17) is 4.74 Å². The molecule has 0 aliphatic heterocycles. The molecule has 1 N–H and O–H groups in total. The summed E-state index contributed by atoms with van der Waals surface area (Å²) in [6.45, 7) is 5.45. The van der Waals surface area contributed by atoms with Crippen LogP contribution in [0.5, 0.6) is 0 Å². The number of carbonyl (C=O) groups excluding carboxylic acids is 2. The highest BCUT2D eigenvalue weighted by Gasteiger charge is 2.20. The first kappa shape index (κ1) is 18.7. The third-order valence-corrected chi connectivity index (χ3v) is 4.00. The molecular weight excluding hydrogens is 314 g/mol. The molecule has 0 heterocycles. The van der Waals surface area contributed by atoms with Crippen molar-refractivity contribution in [3.8, 4) is 0 Å². The Morgan fingerprint density at radius 3 is 2.44 bits per heavy atom. The van der Waals surface area contributed by atoms with Gasteiger partial charge in [-0.3, -0.25) is 4.79 Å². The zero-order valence-electron chi connectivity index (χ0n) is 15.0. The number of nitrogens with one attached hydrogen (secondary N) is 1. The number of benzene rings is 2. The van der Waals surface area contributed by atoms with E-state index in [1.54, 1.807) is 25.1 Å². The summed E-state index contributed by atoms with van der Waals surface area (Å²) < 4.78 is 5.27. The van der Waals surface area contributed by atoms with Crippen LogP contribution in [-0.2, 0) is 16.0 Å². The quantitative estimate of drug-likeness (QED) is 0.783. The van der Waals surface area contributed by atoms with Gasteiger partial charge in [-0.25, -0.2) is 4.79 Å². The van der Waals surface area contributed by atoms with Gasteiger partial charge in [0.2, 0.25) is 0 Å². The lowest BCUT2D eigenvalue weighted by Crippen LogP contribution is -2.41. The highest BCUT2D eigenvalue weighted by atomic mass is 16.5. The van der Waals surface area contributed by atoms with Crippen LogP contribution in [-0.4, -0.2) is 24.0 Å². The van der Waals surface area contributed by atoms with Gasteiger partial charge in [0, 0.05) is 6.04 Å². The van der Waals surface area contributed by atoms with E-state index in [1.807, 2.05) is 38.1 Å². The molecule has 0 aliphatic rings. The van der Waals surface area contributed by atoms with Gasteiger partial charge in [0.25, 0.3) is 5.91 Å². The molecule has 4 heteroatoms. The van der Waals surface area contributed by atoms with Crippen LogP contribution in [0.1, 0.15) is 41.8 Å². The van der Waals surface area contributed by atoms with Crippen LogP contribution in [0.2, 0.25) is 0 Å². The van der Waals surface area contributed by atoms with Crippen molar-refractivity contribution in [1.29, 1.82) is 0 Å². The fraction of sp³-hybridized carbons (Fsp3) is 0.333. The van der Waals surface area contributed by atoms with E-state index < -0.39 is 12.1 Å². The number of aryl methyl sites for hydroxylation is 2. The molecule has 0 saturated heterocycles. The molecule has 2 aromatic rings. The van der Waals surface area contributed by atoms with Gasteiger partial charge >= 0.3 is 5.97 Å². The van der Waals surface area contributed by atoms with E-state index in [-0.39, 0.29) is 11.9 Å². The highest BCUT2D eigenvalue weighted by Crippen LogP contribution is 2.08.